The molecule has 2 rings (SSSR count). The number of methoxy groups -OCH3 is 1. The minimum absolute atomic E-state index is 0.0771. The third-order valence-electron chi connectivity index (χ3n) is 6.26. The molecule has 1 aromatic heterocycles. The number of ether oxygens (including phenoxy) is 1. The zero-order chi connectivity index (χ0) is 30.4. The van der Waals surface area contributed by atoms with Gasteiger partial charge in [-0.1, -0.05) is 58.0 Å². The van der Waals surface area contributed by atoms with Crippen LogP contribution in [0.15, 0.2) is 48.9 Å². The fourth-order valence-corrected chi connectivity index (χ4v) is 4.24. The molecule has 0 fully saturated rings. The Balaban J connectivity index is 2.35. The van der Waals surface area contributed by atoms with Crippen molar-refractivity contribution in [3.8, 4) is 0 Å². The molecule has 0 saturated heterocycles. The van der Waals surface area contributed by atoms with Crippen molar-refractivity contribution in [3.63, 3.8) is 0 Å². The van der Waals surface area contributed by atoms with Crippen LogP contribution in [0.25, 0.3) is 0 Å². The summed E-state index contributed by atoms with van der Waals surface area (Å²) >= 11 is 0. The quantitative estimate of drug-likeness (QED) is 0.231. The number of nitrogens with one attached hydrogen (secondary N) is 2. The van der Waals surface area contributed by atoms with Crippen molar-refractivity contribution in [3.05, 3.63) is 60.2 Å². The number of benzene rings is 1. The highest BCUT2D eigenvalue weighted by Gasteiger charge is 2.39. The fourth-order valence-electron chi connectivity index (χ4n) is 4.24. The molecule has 0 unspecified atom stereocenters. The van der Waals surface area contributed by atoms with Crippen molar-refractivity contribution in [2.75, 3.05) is 20.7 Å². The van der Waals surface area contributed by atoms with E-state index in [0.717, 1.165) is 5.56 Å². The number of esters is 1. The van der Waals surface area contributed by atoms with E-state index in [-0.39, 0.29) is 43.3 Å². The lowest BCUT2D eigenvalue weighted by atomic mass is 9.67. The van der Waals surface area contributed by atoms with Crippen molar-refractivity contribution in [2.45, 2.75) is 65.4 Å². The molecule has 1 aromatic carbocycles. The van der Waals surface area contributed by atoms with Crippen LogP contribution in [0, 0.1) is 11.8 Å². The third-order valence-corrected chi connectivity index (χ3v) is 6.26. The summed E-state index contributed by atoms with van der Waals surface area (Å²) < 4.78 is 10.7. The van der Waals surface area contributed by atoms with Crippen molar-refractivity contribution in [1.82, 2.24) is 25.4 Å². The van der Waals surface area contributed by atoms with Crippen LogP contribution in [-0.4, -0.2) is 78.3 Å². The molecule has 2 N–H and O–H groups in total. The Hall–Kier alpha value is -3.80. The van der Waals surface area contributed by atoms with Gasteiger partial charge in [-0.05, 0) is 30.9 Å². The van der Waals surface area contributed by atoms with Crippen LogP contribution in [0.3, 0.4) is 0 Å². The first kappa shape index (κ1) is 33.4. The maximum absolute atomic E-state index is 13.8. The predicted molar refractivity (Wildman–Crippen MR) is 155 cm³/mol. The molecule has 0 aliphatic carbocycles. The SMILES string of the molecule is COC(=O)CCN(C)B(OC(=O)CC(C)C)[C@H](CC(C)C)NC(=O)[C@H](Cc1ccccc1)NC(=O)c1cnccn1. The van der Waals surface area contributed by atoms with E-state index in [2.05, 4.69) is 20.6 Å². The molecule has 0 radical (unpaired) electrons. The van der Waals surface area contributed by atoms with Gasteiger partial charge in [0.15, 0.2) is 0 Å². The van der Waals surface area contributed by atoms with Gasteiger partial charge >= 0.3 is 13.0 Å². The Morgan fingerprint density at radius 3 is 2.27 bits per heavy atom. The summed E-state index contributed by atoms with van der Waals surface area (Å²) in [4.78, 5) is 61.1. The van der Waals surface area contributed by atoms with E-state index < -0.39 is 42.8 Å². The number of aromatic nitrogens is 2. The van der Waals surface area contributed by atoms with Gasteiger partial charge in [0.25, 0.3) is 11.9 Å². The summed E-state index contributed by atoms with van der Waals surface area (Å²) in [6.45, 7) is 8.07. The topological polar surface area (TPSA) is 140 Å². The summed E-state index contributed by atoms with van der Waals surface area (Å²) in [5.41, 5.74) is 0.933. The van der Waals surface area contributed by atoms with Gasteiger partial charge in [-0.25, -0.2) is 4.98 Å². The maximum Gasteiger partial charge on any atom is 0.474 e. The Kier molecular flexibility index (Phi) is 13.9. The number of hydrogen-bond acceptors (Lipinski definition) is 9. The highest BCUT2D eigenvalue weighted by molar-refractivity contribution is 6.53. The molecule has 2 amide bonds. The second kappa shape index (κ2) is 17.1. The van der Waals surface area contributed by atoms with Gasteiger partial charge in [-0.3, -0.25) is 24.2 Å². The van der Waals surface area contributed by atoms with Crippen LogP contribution in [0.4, 0.5) is 0 Å². The summed E-state index contributed by atoms with van der Waals surface area (Å²) in [6, 6.07) is 8.38. The van der Waals surface area contributed by atoms with Gasteiger partial charge in [-0.15, -0.1) is 0 Å². The van der Waals surface area contributed by atoms with Gasteiger partial charge < -0.3 is 24.8 Å². The van der Waals surface area contributed by atoms with E-state index in [0.29, 0.717) is 6.42 Å². The van der Waals surface area contributed by atoms with Crippen LogP contribution in [0.1, 0.15) is 63.0 Å². The monoisotopic (exact) mass is 567 g/mol. The van der Waals surface area contributed by atoms with E-state index in [1.807, 2.05) is 58.0 Å². The number of rotatable bonds is 16. The second-order valence-electron chi connectivity index (χ2n) is 10.8. The normalized spacial score (nSPS) is 12.5. The van der Waals surface area contributed by atoms with Gasteiger partial charge in [0.1, 0.15) is 11.7 Å². The minimum Gasteiger partial charge on any atom is -0.518 e. The molecule has 41 heavy (non-hydrogen) atoms. The van der Waals surface area contributed by atoms with Crippen LogP contribution in [0.5, 0.6) is 0 Å². The number of carbonyl (C=O) groups excluding carboxylic acids is 4. The van der Waals surface area contributed by atoms with E-state index >= 15 is 0 Å². The molecule has 2 aromatic rings. The molecule has 2 atom stereocenters. The molecule has 0 spiro atoms. The molecule has 12 heteroatoms. The van der Waals surface area contributed by atoms with Gasteiger partial charge in [0.2, 0.25) is 5.91 Å². The maximum atomic E-state index is 13.8. The summed E-state index contributed by atoms with van der Waals surface area (Å²) in [5, 5.41) is 5.83. The fraction of sp³-hybridized carbons (Fsp3) is 0.517. The largest absolute Gasteiger partial charge is 0.518 e. The van der Waals surface area contributed by atoms with Crippen molar-refractivity contribution < 1.29 is 28.6 Å². The highest BCUT2D eigenvalue weighted by atomic mass is 16.5. The van der Waals surface area contributed by atoms with E-state index in [9.17, 15) is 19.2 Å². The Morgan fingerprint density at radius 2 is 1.68 bits per heavy atom. The molecule has 1 heterocycles. The summed E-state index contributed by atoms with van der Waals surface area (Å²) in [5.74, 6) is -2.21. The van der Waals surface area contributed by atoms with Crippen molar-refractivity contribution >= 4 is 30.8 Å². The van der Waals surface area contributed by atoms with E-state index in [1.54, 1.807) is 11.9 Å². The molecule has 0 aliphatic rings. The number of nitrogens with zero attached hydrogens (tertiary/aromatic N) is 3. The first-order valence-corrected chi connectivity index (χ1v) is 13.9. The lowest BCUT2D eigenvalue weighted by Crippen LogP contribution is -2.60. The Bertz CT molecular complexity index is 1120. The molecular weight excluding hydrogens is 525 g/mol. The minimum atomic E-state index is -0.950. The molecule has 11 nitrogen and oxygen atoms in total. The molecule has 0 bridgehead atoms. The number of amides is 2. The first-order valence-electron chi connectivity index (χ1n) is 13.9. The zero-order valence-electron chi connectivity index (χ0n) is 24.8. The summed E-state index contributed by atoms with van der Waals surface area (Å²) in [6.07, 6.45) is 5.17. The van der Waals surface area contributed by atoms with Crippen LogP contribution < -0.4 is 10.6 Å². The average molecular weight is 567 g/mol. The standard InChI is InChI=1S/C29H42BN5O6/c1-20(2)16-25(30(41-27(37)17-21(3)4)35(5)15-12-26(36)40-6)34-28(38)23(18-22-10-8-7-9-11-22)33-29(39)24-19-31-13-14-32-24/h7-11,13-14,19-21,23,25H,12,15-18H2,1-6H3,(H,33,39)(H,34,38)/t23-,25-/m0/s1. The highest BCUT2D eigenvalue weighted by Crippen LogP contribution is 2.15. The van der Waals surface area contributed by atoms with Crippen LogP contribution >= 0.6 is 0 Å². The zero-order valence-corrected chi connectivity index (χ0v) is 24.8. The predicted octanol–water partition coefficient (Wildman–Crippen LogP) is 2.46. The second-order valence-corrected chi connectivity index (χ2v) is 10.8. The molecule has 222 valence electrons. The van der Waals surface area contributed by atoms with E-state index in [4.69, 9.17) is 9.39 Å². The summed E-state index contributed by atoms with van der Waals surface area (Å²) in [7, 11) is 2.18. The first-order chi connectivity index (χ1) is 19.5. The third kappa shape index (κ3) is 12.1. The van der Waals surface area contributed by atoms with Crippen LogP contribution in [-0.2, 0) is 30.2 Å². The molecular formula is C29H42BN5O6. The van der Waals surface area contributed by atoms with Crippen LogP contribution in [0.2, 0.25) is 0 Å². The lowest BCUT2D eigenvalue weighted by Gasteiger charge is -2.33. The molecule has 0 aliphatic heterocycles. The van der Waals surface area contributed by atoms with E-state index in [1.165, 1.54) is 25.7 Å². The Labute approximate surface area is 242 Å². The molecule has 0 saturated carbocycles. The Morgan fingerprint density at radius 1 is 0.976 bits per heavy atom. The van der Waals surface area contributed by atoms with Crippen molar-refractivity contribution in [2.24, 2.45) is 11.8 Å². The van der Waals surface area contributed by atoms with Gasteiger partial charge in [0, 0.05) is 31.8 Å². The van der Waals surface area contributed by atoms with Gasteiger partial charge in [-0.2, -0.15) is 0 Å². The lowest BCUT2D eigenvalue weighted by molar-refractivity contribution is -0.140. The average Bonchev–Trinajstić information content (AvgIpc) is 2.94. The van der Waals surface area contributed by atoms with Gasteiger partial charge in [0.05, 0.1) is 25.7 Å². The number of carbonyl (C=O) groups is 4. The number of hydrogen-bond donors (Lipinski definition) is 2. The smallest absolute Gasteiger partial charge is 0.474 e. The van der Waals surface area contributed by atoms with Crippen molar-refractivity contribution in [1.29, 1.82) is 0 Å².